The Labute approximate surface area is 139 Å². The lowest BCUT2D eigenvalue weighted by molar-refractivity contribution is 0.394. The third kappa shape index (κ3) is 3.14. The fourth-order valence-electron chi connectivity index (χ4n) is 2.45. The Morgan fingerprint density at radius 3 is 2.70 bits per heavy atom. The molecule has 0 saturated heterocycles. The first-order valence-corrected chi connectivity index (χ1v) is 7.60. The standard InChI is InChI=1S/C17H17ClN4O/c1-11-8-14(10-19-20-16-7-5-4-6-15(16)18)13(3)22(11)17-9-12(2)23-21-17/h4-10,20H,1-3H3/b19-10-. The van der Waals surface area contributed by atoms with E-state index in [1.165, 1.54) is 0 Å². The molecule has 5 nitrogen and oxygen atoms in total. The van der Waals surface area contributed by atoms with Crippen molar-refractivity contribution in [1.29, 1.82) is 0 Å². The highest BCUT2D eigenvalue weighted by atomic mass is 35.5. The molecule has 0 spiro atoms. The van der Waals surface area contributed by atoms with Gasteiger partial charge in [-0.05, 0) is 39.0 Å². The van der Waals surface area contributed by atoms with Crippen LogP contribution in [0.2, 0.25) is 5.02 Å². The Morgan fingerprint density at radius 2 is 2.00 bits per heavy atom. The molecule has 1 aromatic carbocycles. The lowest BCUT2D eigenvalue weighted by atomic mass is 10.3. The van der Waals surface area contributed by atoms with Gasteiger partial charge in [-0.2, -0.15) is 5.10 Å². The number of halogens is 1. The van der Waals surface area contributed by atoms with Gasteiger partial charge in [0.05, 0.1) is 16.9 Å². The quantitative estimate of drug-likeness (QED) is 0.567. The summed E-state index contributed by atoms with van der Waals surface area (Å²) in [5.41, 5.74) is 6.83. The highest BCUT2D eigenvalue weighted by Crippen LogP contribution is 2.21. The number of nitrogens with one attached hydrogen (secondary N) is 1. The molecular weight excluding hydrogens is 312 g/mol. The second kappa shape index (κ2) is 6.30. The first kappa shape index (κ1) is 15.4. The molecule has 0 saturated carbocycles. The lowest BCUT2D eigenvalue weighted by Gasteiger charge is -2.04. The predicted molar refractivity (Wildman–Crippen MR) is 92.7 cm³/mol. The zero-order valence-electron chi connectivity index (χ0n) is 13.2. The number of para-hydroxylation sites is 1. The highest BCUT2D eigenvalue weighted by molar-refractivity contribution is 6.33. The number of benzene rings is 1. The van der Waals surface area contributed by atoms with Gasteiger partial charge in [0.2, 0.25) is 0 Å². The van der Waals surface area contributed by atoms with E-state index >= 15 is 0 Å². The summed E-state index contributed by atoms with van der Waals surface area (Å²) in [5, 5.41) is 8.97. The summed E-state index contributed by atoms with van der Waals surface area (Å²) < 4.78 is 7.19. The second-order valence-corrected chi connectivity index (χ2v) is 5.71. The van der Waals surface area contributed by atoms with E-state index in [0.717, 1.165) is 34.2 Å². The third-order valence-electron chi connectivity index (χ3n) is 3.58. The summed E-state index contributed by atoms with van der Waals surface area (Å²) in [4.78, 5) is 0. The molecule has 118 valence electrons. The fraction of sp³-hybridized carbons (Fsp3) is 0.176. The Hall–Kier alpha value is -2.53. The maximum atomic E-state index is 6.09. The number of hydrogen-bond acceptors (Lipinski definition) is 4. The maximum absolute atomic E-state index is 6.09. The number of nitrogens with zero attached hydrogens (tertiary/aromatic N) is 3. The molecule has 2 aromatic heterocycles. The van der Waals surface area contributed by atoms with Gasteiger partial charge in [0.25, 0.3) is 0 Å². The Morgan fingerprint density at radius 1 is 1.22 bits per heavy atom. The van der Waals surface area contributed by atoms with Crippen molar-refractivity contribution in [3.05, 3.63) is 64.1 Å². The first-order valence-electron chi connectivity index (χ1n) is 7.22. The Bertz CT molecular complexity index is 863. The van der Waals surface area contributed by atoms with Crippen molar-refractivity contribution in [2.24, 2.45) is 5.10 Å². The minimum atomic E-state index is 0.633. The van der Waals surface area contributed by atoms with Crippen LogP contribution in [0.3, 0.4) is 0 Å². The zero-order valence-corrected chi connectivity index (χ0v) is 13.9. The van der Waals surface area contributed by atoms with Crippen LogP contribution in [0.5, 0.6) is 0 Å². The van der Waals surface area contributed by atoms with Gasteiger partial charge < -0.3 is 4.52 Å². The van der Waals surface area contributed by atoms with Crippen molar-refractivity contribution in [3.8, 4) is 5.82 Å². The summed E-state index contributed by atoms with van der Waals surface area (Å²) in [6.45, 7) is 5.92. The van der Waals surface area contributed by atoms with E-state index in [9.17, 15) is 0 Å². The van der Waals surface area contributed by atoms with Gasteiger partial charge in [-0.15, -0.1) is 0 Å². The van der Waals surface area contributed by atoms with Gasteiger partial charge in [0, 0.05) is 23.0 Å². The molecule has 23 heavy (non-hydrogen) atoms. The minimum Gasteiger partial charge on any atom is -0.360 e. The molecule has 0 fully saturated rings. The summed E-state index contributed by atoms with van der Waals surface area (Å²) in [6, 6.07) is 11.4. The third-order valence-corrected chi connectivity index (χ3v) is 3.91. The van der Waals surface area contributed by atoms with Gasteiger partial charge in [0.1, 0.15) is 5.76 Å². The lowest BCUT2D eigenvalue weighted by Crippen LogP contribution is -2.00. The van der Waals surface area contributed by atoms with Gasteiger partial charge in [-0.3, -0.25) is 9.99 Å². The van der Waals surface area contributed by atoms with Crippen LogP contribution in [-0.4, -0.2) is 15.9 Å². The van der Waals surface area contributed by atoms with E-state index in [0.29, 0.717) is 5.02 Å². The van der Waals surface area contributed by atoms with E-state index in [4.69, 9.17) is 16.1 Å². The SMILES string of the molecule is Cc1cc(-n2c(C)cc(/C=N\Nc3ccccc3Cl)c2C)no1. The molecule has 0 bridgehead atoms. The van der Waals surface area contributed by atoms with Crippen LogP contribution in [0.1, 0.15) is 22.7 Å². The number of rotatable bonds is 4. The molecule has 0 atom stereocenters. The monoisotopic (exact) mass is 328 g/mol. The minimum absolute atomic E-state index is 0.633. The Balaban J connectivity index is 1.84. The van der Waals surface area contributed by atoms with Gasteiger partial charge in [-0.1, -0.05) is 28.9 Å². The van der Waals surface area contributed by atoms with Crippen molar-refractivity contribution in [3.63, 3.8) is 0 Å². The van der Waals surface area contributed by atoms with Crippen molar-refractivity contribution in [2.45, 2.75) is 20.8 Å². The largest absolute Gasteiger partial charge is 0.360 e. The van der Waals surface area contributed by atoms with Gasteiger partial charge >= 0.3 is 0 Å². The molecular formula is C17H17ClN4O. The summed E-state index contributed by atoms with van der Waals surface area (Å²) in [6.07, 6.45) is 1.77. The van der Waals surface area contributed by atoms with Gasteiger partial charge in [0.15, 0.2) is 5.82 Å². The average molecular weight is 329 g/mol. The second-order valence-electron chi connectivity index (χ2n) is 5.31. The van der Waals surface area contributed by atoms with E-state index in [1.807, 2.05) is 55.7 Å². The van der Waals surface area contributed by atoms with Crippen molar-refractivity contribution in [2.75, 3.05) is 5.43 Å². The molecule has 0 aliphatic carbocycles. The molecule has 0 aliphatic heterocycles. The van der Waals surface area contributed by atoms with Crippen LogP contribution in [0.25, 0.3) is 5.82 Å². The molecule has 3 rings (SSSR count). The molecule has 1 N–H and O–H groups in total. The molecule has 2 heterocycles. The van der Waals surface area contributed by atoms with Crippen LogP contribution in [0, 0.1) is 20.8 Å². The molecule has 0 amide bonds. The van der Waals surface area contributed by atoms with Crippen LogP contribution in [-0.2, 0) is 0 Å². The molecule has 0 unspecified atom stereocenters. The predicted octanol–water partition coefficient (Wildman–Crippen LogP) is 4.49. The van der Waals surface area contributed by atoms with Crippen LogP contribution in [0.15, 0.2) is 46.0 Å². The highest BCUT2D eigenvalue weighted by Gasteiger charge is 2.12. The molecule has 6 heteroatoms. The van der Waals surface area contributed by atoms with Crippen molar-refractivity contribution in [1.82, 2.24) is 9.72 Å². The zero-order chi connectivity index (χ0) is 16.4. The number of hydrogen-bond donors (Lipinski definition) is 1. The topological polar surface area (TPSA) is 55.4 Å². The van der Waals surface area contributed by atoms with Crippen LogP contribution < -0.4 is 5.43 Å². The normalized spacial score (nSPS) is 11.3. The van der Waals surface area contributed by atoms with E-state index < -0.39 is 0 Å². The van der Waals surface area contributed by atoms with Crippen LogP contribution >= 0.6 is 11.6 Å². The number of hydrazone groups is 1. The summed E-state index contributed by atoms with van der Waals surface area (Å²) in [7, 11) is 0. The average Bonchev–Trinajstić information content (AvgIpc) is 3.05. The smallest absolute Gasteiger partial charge is 0.180 e. The first-order chi connectivity index (χ1) is 11.1. The number of anilines is 1. The fourth-order valence-corrected chi connectivity index (χ4v) is 2.63. The number of aromatic nitrogens is 2. The maximum Gasteiger partial charge on any atom is 0.180 e. The molecule has 0 radical (unpaired) electrons. The molecule has 3 aromatic rings. The van der Waals surface area contributed by atoms with E-state index in [1.54, 1.807) is 6.21 Å². The number of aryl methyl sites for hydroxylation is 2. The summed E-state index contributed by atoms with van der Waals surface area (Å²) >= 11 is 6.09. The van der Waals surface area contributed by atoms with E-state index in [-0.39, 0.29) is 0 Å². The van der Waals surface area contributed by atoms with E-state index in [2.05, 4.69) is 21.8 Å². The van der Waals surface area contributed by atoms with Crippen molar-refractivity contribution < 1.29 is 4.52 Å². The summed E-state index contributed by atoms with van der Waals surface area (Å²) in [5.74, 6) is 1.55. The molecule has 0 aliphatic rings. The van der Waals surface area contributed by atoms with Crippen molar-refractivity contribution >= 4 is 23.5 Å². The van der Waals surface area contributed by atoms with Crippen LogP contribution in [0.4, 0.5) is 5.69 Å². The Kier molecular flexibility index (Phi) is 4.21. The van der Waals surface area contributed by atoms with Gasteiger partial charge in [-0.25, -0.2) is 0 Å².